The van der Waals surface area contributed by atoms with Gasteiger partial charge in [-0.25, -0.2) is 4.68 Å². The van der Waals surface area contributed by atoms with E-state index in [0.29, 0.717) is 42.9 Å². The fraction of sp³-hybridized carbons (Fsp3) is 0.240. The largest absolute Gasteiger partial charge is 1.00 e. The second-order valence-corrected chi connectivity index (χ2v) is 9.32. The maximum atomic E-state index is 12.8. The molecule has 1 aliphatic rings. The Morgan fingerprint density at radius 1 is 1.08 bits per heavy atom. The SMILES string of the molecule is CCc1nn(Cc2ccc(-c3ccccc3-c3nn[nH]n3)cc2)/c(=N/C(=O)C2=C(C(=O)[O-])CCC2)s1.[K+]. The molecule has 1 N–H and O–H groups in total. The number of aliphatic carboxylic acids is 1. The van der Waals surface area contributed by atoms with Crippen molar-refractivity contribution in [3.05, 3.63) is 75.0 Å². The van der Waals surface area contributed by atoms with E-state index in [2.05, 4.69) is 30.7 Å². The molecule has 0 radical (unpaired) electrons. The molecular formula is C25H22KN7O3S. The molecule has 182 valence electrons. The molecule has 1 aliphatic carbocycles. The van der Waals surface area contributed by atoms with Crippen LogP contribution in [0.1, 0.15) is 36.8 Å². The summed E-state index contributed by atoms with van der Waals surface area (Å²) in [6, 6.07) is 15.9. The van der Waals surface area contributed by atoms with Gasteiger partial charge in [-0.3, -0.25) is 4.79 Å². The van der Waals surface area contributed by atoms with Crippen LogP contribution in [0.3, 0.4) is 0 Å². The average molecular weight is 540 g/mol. The topological polar surface area (TPSA) is 142 Å². The van der Waals surface area contributed by atoms with Crippen LogP contribution in [0.5, 0.6) is 0 Å². The Morgan fingerprint density at radius 3 is 2.49 bits per heavy atom. The zero-order valence-electron chi connectivity index (χ0n) is 20.5. The number of nitrogens with zero attached hydrogens (tertiary/aromatic N) is 6. The van der Waals surface area contributed by atoms with Gasteiger partial charge in [0.1, 0.15) is 5.01 Å². The predicted octanol–water partition coefficient (Wildman–Crippen LogP) is -0.936. The number of amides is 1. The van der Waals surface area contributed by atoms with Gasteiger partial charge in [0, 0.05) is 11.1 Å². The molecule has 12 heteroatoms. The quantitative estimate of drug-likeness (QED) is 0.299. The minimum atomic E-state index is -1.29. The van der Waals surface area contributed by atoms with E-state index in [9.17, 15) is 14.7 Å². The number of carboxylic acids is 1. The van der Waals surface area contributed by atoms with Crippen molar-refractivity contribution in [1.29, 1.82) is 0 Å². The van der Waals surface area contributed by atoms with Gasteiger partial charge in [-0.05, 0) is 53.2 Å². The van der Waals surface area contributed by atoms with Crippen LogP contribution in [0, 0.1) is 0 Å². The van der Waals surface area contributed by atoms with Crippen molar-refractivity contribution < 1.29 is 66.1 Å². The summed E-state index contributed by atoms with van der Waals surface area (Å²) >= 11 is 1.33. The van der Waals surface area contributed by atoms with Crippen LogP contribution in [-0.4, -0.2) is 42.3 Å². The molecule has 0 unspecified atom stereocenters. The van der Waals surface area contributed by atoms with Crippen molar-refractivity contribution in [3.63, 3.8) is 0 Å². The molecular weight excluding hydrogens is 517 g/mol. The number of carboxylic acid groups (broad SMARTS) is 1. The molecule has 4 aromatic rings. The van der Waals surface area contributed by atoms with Crippen molar-refractivity contribution in [1.82, 2.24) is 30.4 Å². The Labute approximate surface area is 259 Å². The van der Waals surface area contributed by atoms with Crippen LogP contribution in [0.4, 0.5) is 0 Å². The number of benzene rings is 2. The second kappa shape index (κ2) is 12.3. The van der Waals surface area contributed by atoms with Gasteiger partial charge in [-0.15, -0.1) is 10.2 Å². The fourth-order valence-electron chi connectivity index (χ4n) is 4.21. The number of hydrogen-bond acceptors (Lipinski definition) is 8. The van der Waals surface area contributed by atoms with Gasteiger partial charge in [0.2, 0.25) is 10.6 Å². The summed E-state index contributed by atoms with van der Waals surface area (Å²) in [7, 11) is 0. The number of aromatic amines is 1. The van der Waals surface area contributed by atoms with Crippen molar-refractivity contribution in [2.24, 2.45) is 4.99 Å². The summed E-state index contributed by atoms with van der Waals surface area (Å²) in [6.45, 7) is 2.40. The van der Waals surface area contributed by atoms with E-state index < -0.39 is 11.9 Å². The molecule has 0 saturated carbocycles. The maximum absolute atomic E-state index is 12.8. The molecule has 0 spiro atoms. The summed E-state index contributed by atoms with van der Waals surface area (Å²) in [6.07, 6.45) is 2.06. The summed E-state index contributed by atoms with van der Waals surface area (Å²) < 4.78 is 1.69. The van der Waals surface area contributed by atoms with Crippen LogP contribution < -0.4 is 61.3 Å². The van der Waals surface area contributed by atoms with Crippen molar-refractivity contribution in [2.45, 2.75) is 39.2 Å². The first-order valence-electron chi connectivity index (χ1n) is 11.5. The van der Waals surface area contributed by atoms with E-state index in [0.717, 1.165) is 27.3 Å². The first kappa shape index (κ1) is 27.4. The van der Waals surface area contributed by atoms with Gasteiger partial charge in [0.25, 0.3) is 5.91 Å². The van der Waals surface area contributed by atoms with Crippen LogP contribution in [0.2, 0.25) is 0 Å². The molecule has 0 aliphatic heterocycles. The third-order valence-electron chi connectivity index (χ3n) is 5.99. The Morgan fingerprint density at radius 2 is 1.81 bits per heavy atom. The number of rotatable bonds is 7. The molecule has 0 fully saturated rings. The Balaban J connectivity index is 0.00000320. The molecule has 1 amide bonds. The smallest absolute Gasteiger partial charge is 0.545 e. The molecule has 2 aromatic carbocycles. The van der Waals surface area contributed by atoms with Crippen molar-refractivity contribution in [3.8, 4) is 22.5 Å². The van der Waals surface area contributed by atoms with Crippen molar-refractivity contribution >= 4 is 23.2 Å². The number of aryl methyl sites for hydroxylation is 1. The molecule has 37 heavy (non-hydrogen) atoms. The van der Waals surface area contributed by atoms with Crippen molar-refractivity contribution in [2.75, 3.05) is 0 Å². The summed E-state index contributed by atoms with van der Waals surface area (Å²) in [5.74, 6) is -1.30. The third-order valence-corrected chi connectivity index (χ3v) is 7.09. The van der Waals surface area contributed by atoms with E-state index in [1.54, 1.807) is 4.68 Å². The first-order chi connectivity index (χ1) is 17.5. The molecule has 0 saturated heterocycles. The van der Waals surface area contributed by atoms with E-state index in [1.165, 1.54) is 11.3 Å². The van der Waals surface area contributed by atoms with Gasteiger partial charge in [-0.1, -0.05) is 66.8 Å². The maximum Gasteiger partial charge on any atom is 1.00 e. The molecule has 2 heterocycles. The Hall–Kier alpha value is -2.61. The van der Waals surface area contributed by atoms with E-state index in [4.69, 9.17) is 0 Å². The number of aromatic nitrogens is 6. The normalized spacial score (nSPS) is 13.6. The fourth-order valence-corrected chi connectivity index (χ4v) is 5.04. The predicted molar refractivity (Wildman–Crippen MR) is 130 cm³/mol. The summed E-state index contributed by atoms with van der Waals surface area (Å²) in [5.41, 5.74) is 4.13. The van der Waals surface area contributed by atoms with E-state index >= 15 is 0 Å². The standard InChI is InChI=1S/C25H23N7O3S.K/c1-2-21-29-32(25(36-21)26-23(33)19-8-5-9-20(19)24(34)35)14-15-10-12-16(13-11-15)17-6-3-4-7-18(17)22-27-30-31-28-22;/h3-4,6-7,10-13H,2,5,8-9,14H2,1H3,(H,34,35)(H,27,28,30,31);/q;+1/p-1/b26-25-;. The van der Waals surface area contributed by atoms with Crippen LogP contribution in [0.25, 0.3) is 22.5 Å². The third kappa shape index (κ3) is 6.11. The second-order valence-electron chi connectivity index (χ2n) is 8.28. The Bertz CT molecular complexity index is 1520. The van der Waals surface area contributed by atoms with Gasteiger partial charge >= 0.3 is 51.4 Å². The van der Waals surface area contributed by atoms with Gasteiger partial charge < -0.3 is 9.90 Å². The minimum absolute atomic E-state index is 0. The van der Waals surface area contributed by atoms with E-state index in [1.807, 2.05) is 55.5 Å². The first-order valence-corrected chi connectivity index (χ1v) is 12.4. The molecule has 2 aromatic heterocycles. The number of carbonyl (C=O) groups is 2. The molecule has 0 bridgehead atoms. The molecule has 5 rings (SSSR count). The van der Waals surface area contributed by atoms with Crippen LogP contribution >= 0.6 is 11.3 Å². The van der Waals surface area contributed by atoms with Crippen LogP contribution in [0.15, 0.2) is 64.7 Å². The van der Waals surface area contributed by atoms with E-state index in [-0.39, 0.29) is 62.5 Å². The van der Waals surface area contributed by atoms with Gasteiger partial charge in [0.15, 0.2) is 0 Å². The minimum Gasteiger partial charge on any atom is -0.545 e. The Kier molecular flexibility index (Phi) is 9.11. The number of H-pyrrole nitrogens is 1. The monoisotopic (exact) mass is 539 g/mol. The number of hydrogen-bond donors (Lipinski definition) is 1. The summed E-state index contributed by atoms with van der Waals surface area (Å²) in [5, 5.41) is 31.1. The zero-order valence-corrected chi connectivity index (χ0v) is 24.4. The van der Waals surface area contributed by atoms with Gasteiger partial charge in [-0.2, -0.15) is 15.3 Å². The number of carbonyl (C=O) groups excluding carboxylic acids is 2. The number of tetrazole rings is 1. The molecule has 0 atom stereocenters. The number of nitrogens with one attached hydrogen (secondary N) is 1. The summed E-state index contributed by atoms with van der Waals surface area (Å²) in [4.78, 5) is 28.8. The zero-order chi connectivity index (χ0) is 25.1. The van der Waals surface area contributed by atoms with Crippen LogP contribution in [-0.2, 0) is 22.6 Å². The van der Waals surface area contributed by atoms with Gasteiger partial charge in [0.05, 0.1) is 12.5 Å². The average Bonchev–Trinajstić information content (AvgIpc) is 3.66. The molecule has 10 nitrogen and oxygen atoms in total.